The number of aromatic nitrogens is 2. The molecule has 52 valence electrons. The number of hydrogen-bond donors (Lipinski definition) is 0. The van der Waals surface area contributed by atoms with Gasteiger partial charge in [0.1, 0.15) is 0 Å². The van der Waals surface area contributed by atoms with E-state index in [1.807, 2.05) is 13.0 Å². The standard InChI is InChI=1S/C7H8N2.3H2/c1-3-6-9-7(2)4-5-8-9;;;/h4-6H,1H2,2H3;3*1H. The van der Waals surface area contributed by atoms with Crippen LogP contribution in [-0.4, -0.2) is 9.78 Å². The van der Waals surface area contributed by atoms with Crippen molar-refractivity contribution in [2.45, 2.75) is 6.92 Å². The van der Waals surface area contributed by atoms with Crippen LogP contribution in [0.15, 0.2) is 24.6 Å². The molecule has 0 spiro atoms. The average molecular weight is 126 g/mol. The fourth-order valence-electron chi connectivity index (χ4n) is 0.602. The maximum Gasteiger partial charge on any atom is 0.0699 e. The quantitative estimate of drug-likeness (QED) is 0.527. The topological polar surface area (TPSA) is 17.8 Å². The van der Waals surface area contributed by atoms with E-state index in [1.54, 1.807) is 17.1 Å². The van der Waals surface area contributed by atoms with Crippen molar-refractivity contribution in [2.75, 3.05) is 0 Å². The van der Waals surface area contributed by atoms with Gasteiger partial charge in [-0.15, -0.1) is 5.73 Å². The summed E-state index contributed by atoms with van der Waals surface area (Å²) in [4.78, 5) is 0. The van der Waals surface area contributed by atoms with E-state index in [0.717, 1.165) is 5.69 Å². The Morgan fingerprint density at radius 2 is 2.78 bits per heavy atom. The Morgan fingerprint density at radius 1 is 2.00 bits per heavy atom. The van der Waals surface area contributed by atoms with Crippen LogP contribution in [0.25, 0.3) is 6.20 Å². The van der Waals surface area contributed by atoms with Crippen LogP contribution in [0.2, 0.25) is 0 Å². The largest absolute Gasteiger partial charge is 0.238 e. The molecule has 0 aromatic carbocycles. The van der Waals surface area contributed by atoms with Crippen LogP contribution in [0.5, 0.6) is 0 Å². The average Bonchev–Trinajstić information content (AvgIpc) is 2.18. The second kappa shape index (κ2) is 2.33. The molecule has 9 heavy (non-hydrogen) atoms. The monoisotopic (exact) mass is 126 g/mol. The summed E-state index contributed by atoms with van der Waals surface area (Å²) in [6.45, 7) is 5.41. The smallest absolute Gasteiger partial charge is 0.0699 e. The Bertz CT molecular complexity index is 251. The summed E-state index contributed by atoms with van der Waals surface area (Å²) >= 11 is 0. The van der Waals surface area contributed by atoms with Gasteiger partial charge in [0.15, 0.2) is 0 Å². The molecule has 0 amide bonds. The Hall–Kier alpha value is -1.27. The first-order valence-electron chi connectivity index (χ1n) is 2.70. The molecular formula is C7H14N2. The predicted octanol–water partition coefficient (Wildman–Crippen LogP) is 2.19. The van der Waals surface area contributed by atoms with Crippen LogP contribution in [0.4, 0.5) is 0 Å². The second-order valence-corrected chi connectivity index (χ2v) is 1.75. The molecule has 1 rings (SSSR count). The zero-order valence-electron chi connectivity index (χ0n) is 5.33. The maximum atomic E-state index is 3.96. The third-order valence-corrected chi connectivity index (χ3v) is 1.08. The highest BCUT2D eigenvalue weighted by Gasteiger charge is 1.87. The van der Waals surface area contributed by atoms with Crippen molar-refractivity contribution < 1.29 is 4.28 Å². The van der Waals surface area contributed by atoms with Crippen molar-refractivity contribution in [3.63, 3.8) is 0 Å². The minimum atomic E-state index is 0. The van der Waals surface area contributed by atoms with E-state index < -0.39 is 0 Å². The van der Waals surface area contributed by atoms with Crippen molar-refractivity contribution in [1.82, 2.24) is 9.78 Å². The molecule has 2 heteroatoms. The van der Waals surface area contributed by atoms with Gasteiger partial charge in [-0.2, -0.15) is 5.10 Å². The predicted molar refractivity (Wildman–Crippen MR) is 43.2 cm³/mol. The minimum Gasteiger partial charge on any atom is -0.238 e. The van der Waals surface area contributed by atoms with E-state index in [2.05, 4.69) is 17.4 Å². The van der Waals surface area contributed by atoms with Crippen LogP contribution in [0.3, 0.4) is 0 Å². The summed E-state index contributed by atoms with van der Waals surface area (Å²) in [5.41, 5.74) is 3.73. The van der Waals surface area contributed by atoms with Gasteiger partial charge in [0.2, 0.25) is 0 Å². The first-order chi connectivity index (χ1) is 4.34. The Labute approximate surface area is 58.6 Å². The lowest BCUT2D eigenvalue weighted by Crippen LogP contribution is -1.88. The molecule has 1 heterocycles. The normalized spacial score (nSPS) is 8.56. The van der Waals surface area contributed by atoms with Crippen LogP contribution >= 0.6 is 0 Å². The molecule has 0 unspecified atom stereocenters. The molecule has 0 aliphatic heterocycles. The molecule has 0 aliphatic rings. The van der Waals surface area contributed by atoms with Crippen molar-refractivity contribution in [1.29, 1.82) is 0 Å². The van der Waals surface area contributed by atoms with E-state index in [1.165, 1.54) is 0 Å². The third kappa shape index (κ3) is 1.09. The van der Waals surface area contributed by atoms with Gasteiger partial charge in [-0.1, -0.05) is 6.58 Å². The lowest BCUT2D eigenvalue weighted by molar-refractivity contribution is 0.898. The van der Waals surface area contributed by atoms with Crippen LogP contribution < -0.4 is 0 Å². The first kappa shape index (κ1) is 5.86. The van der Waals surface area contributed by atoms with E-state index in [9.17, 15) is 0 Å². The molecule has 0 aliphatic carbocycles. The van der Waals surface area contributed by atoms with Gasteiger partial charge >= 0.3 is 0 Å². The summed E-state index contributed by atoms with van der Waals surface area (Å²) in [6, 6.07) is 1.92. The van der Waals surface area contributed by atoms with Gasteiger partial charge in [-0.25, -0.2) is 4.68 Å². The molecule has 0 bridgehead atoms. The van der Waals surface area contributed by atoms with E-state index in [0.29, 0.717) is 0 Å². The van der Waals surface area contributed by atoms with Crippen LogP contribution in [-0.2, 0) is 0 Å². The van der Waals surface area contributed by atoms with Gasteiger partial charge in [0.05, 0.1) is 6.20 Å². The third-order valence-electron chi connectivity index (χ3n) is 1.08. The zero-order valence-corrected chi connectivity index (χ0v) is 5.33. The number of hydrogen-bond acceptors (Lipinski definition) is 1. The summed E-state index contributed by atoms with van der Waals surface area (Å²) in [6.07, 6.45) is 3.43. The van der Waals surface area contributed by atoms with E-state index in [-0.39, 0.29) is 4.28 Å². The summed E-state index contributed by atoms with van der Waals surface area (Å²) in [5.74, 6) is 0. The molecule has 0 saturated carbocycles. The zero-order chi connectivity index (χ0) is 6.69. The van der Waals surface area contributed by atoms with Crippen molar-refractivity contribution in [3.05, 3.63) is 30.3 Å². The molecule has 0 fully saturated rings. The van der Waals surface area contributed by atoms with Crippen LogP contribution in [0, 0.1) is 6.92 Å². The molecule has 1 aromatic rings. The molecule has 0 saturated heterocycles. The highest BCUT2D eigenvalue weighted by atomic mass is 15.3. The summed E-state index contributed by atoms with van der Waals surface area (Å²) < 4.78 is 1.72. The van der Waals surface area contributed by atoms with Gasteiger partial charge < -0.3 is 0 Å². The molecular weight excluding hydrogens is 112 g/mol. The Kier molecular flexibility index (Phi) is 1.52. The minimum absolute atomic E-state index is 0. The van der Waals surface area contributed by atoms with Crippen molar-refractivity contribution >= 4 is 6.20 Å². The maximum absolute atomic E-state index is 3.96. The Morgan fingerprint density at radius 3 is 3.22 bits per heavy atom. The molecule has 0 N–H and O–H groups in total. The fourth-order valence-corrected chi connectivity index (χ4v) is 0.602. The van der Waals surface area contributed by atoms with Gasteiger partial charge in [0.25, 0.3) is 0 Å². The second-order valence-electron chi connectivity index (χ2n) is 1.75. The Balaban J connectivity index is -0.000000270. The molecule has 0 atom stereocenters. The fraction of sp³-hybridized carbons (Fsp3) is 0.143. The lowest BCUT2D eigenvalue weighted by Gasteiger charge is -1.89. The van der Waals surface area contributed by atoms with Crippen LogP contribution in [0.1, 0.15) is 9.97 Å². The molecule has 0 radical (unpaired) electrons. The lowest BCUT2D eigenvalue weighted by atomic mass is 10.5. The van der Waals surface area contributed by atoms with E-state index in [4.69, 9.17) is 0 Å². The molecule has 2 nitrogen and oxygen atoms in total. The summed E-state index contributed by atoms with van der Waals surface area (Å²) in [7, 11) is 0. The molecule has 1 aromatic heterocycles. The highest BCUT2D eigenvalue weighted by molar-refractivity contribution is 5.21. The van der Waals surface area contributed by atoms with Crippen molar-refractivity contribution in [3.8, 4) is 0 Å². The number of aryl methyl sites for hydroxylation is 1. The number of rotatable bonds is 1. The SMILES string of the molecule is C=C=Cn1nccc1C.[HH].[HH].[HH]. The van der Waals surface area contributed by atoms with Gasteiger partial charge in [-0.05, 0) is 13.0 Å². The summed E-state index contributed by atoms with van der Waals surface area (Å²) in [5, 5.41) is 3.96. The number of nitrogens with zero attached hydrogens (tertiary/aromatic N) is 2. The van der Waals surface area contributed by atoms with E-state index >= 15 is 0 Å². The highest BCUT2D eigenvalue weighted by Crippen LogP contribution is 1.93. The van der Waals surface area contributed by atoms with Crippen molar-refractivity contribution in [2.24, 2.45) is 0 Å². The van der Waals surface area contributed by atoms with Gasteiger partial charge in [0, 0.05) is 16.2 Å². The van der Waals surface area contributed by atoms with Gasteiger partial charge in [-0.3, -0.25) is 0 Å². The first-order valence-corrected chi connectivity index (χ1v) is 2.70.